The number of nitrogens with one attached hydrogen (secondary N) is 2. The number of hydrogen-bond donors (Lipinski definition) is 2. The number of anilines is 1. The average molecular weight is 309 g/mol. The summed E-state index contributed by atoms with van der Waals surface area (Å²) in [4.78, 5) is 4.04. The molecule has 114 valence electrons. The van der Waals surface area contributed by atoms with Crippen molar-refractivity contribution in [2.45, 2.75) is 38.5 Å². The molecule has 0 aliphatic heterocycles. The fourth-order valence-electron chi connectivity index (χ4n) is 1.64. The average Bonchev–Trinajstić information content (AvgIpc) is 2.88. The van der Waals surface area contributed by atoms with Crippen molar-refractivity contribution in [3.8, 4) is 0 Å². The summed E-state index contributed by atoms with van der Waals surface area (Å²) in [7, 11) is -3.73. The second-order valence-electron chi connectivity index (χ2n) is 5.05. The van der Waals surface area contributed by atoms with Gasteiger partial charge < -0.3 is 9.73 Å². The van der Waals surface area contributed by atoms with Crippen LogP contribution in [0.5, 0.6) is 0 Å². The smallest absolute Gasteiger partial charge is 0.295 e. The number of sulfonamides is 1. The molecule has 2 N–H and O–H groups in total. The summed E-state index contributed by atoms with van der Waals surface area (Å²) >= 11 is 0. The van der Waals surface area contributed by atoms with Crippen molar-refractivity contribution in [2.24, 2.45) is 0 Å². The van der Waals surface area contributed by atoms with E-state index in [-0.39, 0.29) is 5.09 Å². The van der Waals surface area contributed by atoms with Gasteiger partial charge in [-0.15, -0.1) is 0 Å². The van der Waals surface area contributed by atoms with Crippen molar-refractivity contribution in [1.82, 2.24) is 10.3 Å². The summed E-state index contributed by atoms with van der Waals surface area (Å²) in [6, 6.07) is 6.78. The molecule has 0 bridgehead atoms. The van der Waals surface area contributed by atoms with Crippen LogP contribution in [0.15, 0.2) is 40.0 Å². The Labute approximate surface area is 124 Å². The molecule has 0 atom stereocenters. The molecule has 2 aromatic heterocycles. The maximum Gasteiger partial charge on any atom is 0.295 e. The topological polar surface area (TPSA) is 84.2 Å². The zero-order valence-electron chi connectivity index (χ0n) is 12.3. The summed E-state index contributed by atoms with van der Waals surface area (Å²) in [5, 5.41) is 3.06. The molecule has 0 aromatic carbocycles. The Morgan fingerprint density at radius 3 is 2.62 bits per heavy atom. The molecule has 0 aliphatic carbocycles. The van der Waals surface area contributed by atoms with Crippen LogP contribution in [0.4, 0.5) is 5.69 Å². The maximum absolute atomic E-state index is 12.2. The van der Waals surface area contributed by atoms with Crippen molar-refractivity contribution in [3.63, 3.8) is 0 Å². The van der Waals surface area contributed by atoms with Crippen LogP contribution in [0.1, 0.15) is 25.3 Å². The third-order valence-electron chi connectivity index (χ3n) is 2.75. The lowest BCUT2D eigenvalue weighted by Gasteiger charge is -2.06. The predicted molar refractivity (Wildman–Crippen MR) is 80.5 cm³/mol. The Balaban J connectivity index is 2.10. The third-order valence-corrected chi connectivity index (χ3v) is 4.00. The lowest BCUT2D eigenvalue weighted by molar-refractivity contribution is 0.396. The van der Waals surface area contributed by atoms with E-state index in [1.165, 1.54) is 12.3 Å². The summed E-state index contributed by atoms with van der Waals surface area (Å²) < 4.78 is 32.2. The molecule has 0 fully saturated rings. The summed E-state index contributed by atoms with van der Waals surface area (Å²) in [5.74, 6) is 0.575. The van der Waals surface area contributed by atoms with E-state index in [4.69, 9.17) is 4.42 Å². The number of rotatable bonds is 6. The minimum absolute atomic E-state index is 0.108. The van der Waals surface area contributed by atoms with Crippen molar-refractivity contribution < 1.29 is 12.8 Å². The molecule has 0 saturated heterocycles. The van der Waals surface area contributed by atoms with Gasteiger partial charge in [-0.1, -0.05) is 13.8 Å². The van der Waals surface area contributed by atoms with Gasteiger partial charge in [0, 0.05) is 11.7 Å². The Bertz CT molecular complexity index is 691. The fourth-order valence-corrected chi connectivity index (χ4v) is 2.63. The van der Waals surface area contributed by atoms with Gasteiger partial charge in [0.05, 0.1) is 18.4 Å². The highest BCUT2D eigenvalue weighted by Gasteiger charge is 2.19. The molecular formula is C14H19N3O3S. The van der Waals surface area contributed by atoms with Crippen LogP contribution < -0.4 is 10.0 Å². The molecule has 0 unspecified atom stereocenters. The number of aryl methyl sites for hydroxylation is 1. The minimum atomic E-state index is -3.73. The van der Waals surface area contributed by atoms with Gasteiger partial charge in [-0.3, -0.25) is 9.71 Å². The Morgan fingerprint density at radius 2 is 2.00 bits per heavy atom. The van der Waals surface area contributed by atoms with Crippen LogP contribution in [-0.2, 0) is 16.6 Å². The molecule has 0 saturated carbocycles. The Hall–Kier alpha value is -1.86. The number of pyridine rings is 1. The molecule has 21 heavy (non-hydrogen) atoms. The van der Waals surface area contributed by atoms with Gasteiger partial charge in [0.25, 0.3) is 10.0 Å². The standard InChI is InChI=1S/C14H19N3O3S/c1-10(2)15-9-13-6-7-14(20-13)21(18,19)17-12-5-4-11(3)16-8-12/h4-8,10,15,17H,9H2,1-3H3. The van der Waals surface area contributed by atoms with E-state index in [2.05, 4.69) is 15.0 Å². The van der Waals surface area contributed by atoms with Gasteiger partial charge in [-0.25, -0.2) is 0 Å². The van der Waals surface area contributed by atoms with Gasteiger partial charge >= 0.3 is 0 Å². The normalized spacial score (nSPS) is 11.8. The molecule has 2 heterocycles. The summed E-state index contributed by atoms with van der Waals surface area (Å²) in [6.07, 6.45) is 1.47. The predicted octanol–water partition coefficient (Wildman–Crippen LogP) is 2.28. The molecule has 0 spiro atoms. The van der Waals surface area contributed by atoms with E-state index in [9.17, 15) is 8.42 Å². The lowest BCUT2D eigenvalue weighted by Crippen LogP contribution is -2.21. The van der Waals surface area contributed by atoms with E-state index in [1.54, 1.807) is 18.2 Å². The second kappa shape index (κ2) is 6.28. The highest BCUT2D eigenvalue weighted by atomic mass is 32.2. The van der Waals surface area contributed by atoms with Crippen LogP contribution >= 0.6 is 0 Å². The molecule has 0 radical (unpaired) electrons. The van der Waals surface area contributed by atoms with Crippen LogP contribution in [0, 0.1) is 6.92 Å². The quantitative estimate of drug-likeness (QED) is 0.855. The molecule has 7 heteroatoms. The first-order valence-electron chi connectivity index (χ1n) is 6.64. The molecule has 6 nitrogen and oxygen atoms in total. The summed E-state index contributed by atoms with van der Waals surface area (Å²) in [5.41, 5.74) is 1.22. The maximum atomic E-state index is 12.2. The van der Waals surface area contributed by atoms with Gasteiger partial charge in [0.15, 0.2) is 0 Å². The van der Waals surface area contributed by atoms with Crippen LogP contribution in [0.25, 0.3) is 0 Å². The number of furan rings is 1. The van der Waals surface area contributed by atoms with Crippen LogP contribution in [-0.4, -0.2) is 19.4 Å². The van der Waals surface area contributed by atoms with Gasteiger partial charge in [0.1, 0.15) is 5.76 Å². The van der Waals surface area contributed by atoms with Crippen molar-refractivity contribution in [2.75, 3.05) is 4.72 Å². The number of aromatic nitrogens is 1. The third kappa shape index (κ3) is 4.30. The lowest BCUT2D eigenvalue weighted by atomic mass is 10.3. The highest BCUT2D eigenvalue weighted by Crippen LogP contribution is 2.18. The first kappa shape index (κ1) is 15.5. The van der Waals surface area contributed by atoms with E-state index in [1.807, 2.05) is 20.8 Å². The molecule has 0 aliphatic rings. The minimum Gasteiger partial charge on any atom is -0.446 e. The summed E-state index contributed by atoms with van der Waals surface area (Å²) in [6.45, 7) is 6.33. The highest BCUT2D eigenvalue weighted by molar-refractivity contribution is 7.92. The largest absolute Gasteiger partial charge is 0.446 e. The first-order chi connectivity index (χ1) is 9.87. The zero-order chi connectivity index (χ0) is 15.5. The van der Waals surface area contributed by atoms with E-state index >= 15 is 0 Å². The van der Waals surface area contributed by atoms with Crippen molar-refractivity contribution in [3.05, 3.63) is 41.9 Å². The zero-order valence-corrected chi connectivity index (χ0v) is 13.1. The monoisotopic (exact) mass is 309 g/mol. The Kier molecular flexibility index (Phi) is 4.64. The van der Waals surface area contributed by atoms with Gasteiger partial charge in [-0.05, 0) is 31.2 Å². The fraction of sp³-hybridized carbons (Fsp3) is 0.357. The number of nitrogens with zero attached hydrogens (tertiary/aromatic N) is 1. The Morgan fingerprint density at radius 1 is 1.24 bits per heavy atom. The SMILES string of the molecule is Cc1ccc(NS(=O)(=O)c2ccc(CNC(C)C)o2)cn1. The van der Waals surface area contributed by atoms with E-state index in [0.717, 1.165) is 5.69 Å². The number of hydrogen-bond acceptors (Lipinski definition) is 5. The molecular weight excluding hydrogens is 290 g/mol. The molecule has 0 amide bonds. The van der Waals surface area contributed by atoms with Crippen molar-refractivity contribution >= 4 is 15.7 Å². The van der Waals surface area contributed by atoms with E-state index in [0.29, 0.717) is 24.0 Å². The first-order valence-corrected chi connectivity index (χ1v) is 8.13. The van der Waals surface area contributed by atoms with Crippen molar-refractivity contribution in [1.29, 1.82) is 0 Å². The molecule has 2 aromatic rings. The van der Waals surface area contributed by atoms with Crippen LogP contribution in [0.3, 0.4) is 0 Å². The van der Waals surface area contributed by atoms with E-state index < -0.39 is 10.0 Å². The van der Waals surface area contributed by atoms with Gasteiger partial charge in [-0.2, -0.15) is 8.42 Å². The van der Waals surface area contributed by atoms with Gasteiger partial charge in [0.2, 0.25) is 5.09 Å². The molecule has 2 rings (SSSR count). The second-order valence-corrected chi connectivity index (χ2v) is 6.66. The van der Waals surface area contributed by atoms with Crippen LogP contribution in [0.2, 0.25) is 0 Å².